The van der Waals surface area contributed by atoms with E-state index in [2.05, 4.69) is 12.1 Å². The number of hydrogen-bond acceptors (Lipinski definition) is 2. The van der Waals surface area contributed by atoms with Crippen LogP contribution in [0.25, 0.3) is 0 Å². The number of ether oxygens (including phenoxy) is 1. The van der Waals surface area contributed by atoms with Crippen molar-refractivity contribution in [1.29, 1.82) is 0 Å². The van der Waals surface area contributed by atoms with Crippen LogP contribution in [-0.4, -0.2) is 13.7 Å². The third-order valence-electron chi connectivity index (χ3n) is 3.53. The molecule has 0 amide bonds. The molecule has 2 nitrogen and oxygen atoms in total. The van der Waals surface area contributed by atoms with Gasteiger partial charge in [-0.15, -0.1) is 0 Å². The summed E-state index contributed by atoms with van der Waals surface area (Å²) in [6, 6.07) is 13.6. The summed E-state index contributed by atoms with van der Waals surface area (Å²) in [5.41, 5.74) is 8.20. The predicted octanol–water partition coefficient (Wildman–Crippen LogP) is 4.36. The largest absolute Gasteiger partial charge is 0.497 e. The summed E-state index contributed by atoms with van der Waals surface area (Å²) < 4.78 is 5.17. The van der Waals surface area contributed by atoms with Crippen molar-refractivity contribution in [2.24, 2.45) is 11.7 Å². The first-order chi connectivity index (χ1) is 10.1. The minimum Gasteiger partial charge on any atom is -0.497 e. The van der Waals surface area contributed by atoms with Gasteiger partial charge in [0, 0.05) is 10.0 Å². The van der Waals surface area contributed by atoms with E-state index in [0.29, 0.717) is 17.5 Å². The quantitative estimate of drug-likeness (QED) is 0.857. The van der Waals surface area contributed by atoms with Crippen molar-refractivity contribution >= 4 is 23.2 Å². The second-order valence-electron chi connectivity index (χ2n) is 5.09. The van der Waals surface area contributed by atoms with Crippen LogP contribution >= 0.6 is 23.2 Å². The second kappa shape index (κ2) is 7.69. The zero-order chi connectivity index (χ0) is 15.2. The van der Waals surface area contributed by atoms with Gasteiger partial charge in [0.15, 0.2) is 0 Å². The lowest BCUT2D eigenvalue weighted by molar-refractivity contribution is 0.414. The summed E-state index contributed by atoms with van der Waals surface area (Å²) in [6.07, 6.45) is 1.73. The number of nitrogens with two attached hydrogens (primary N) is 1. The minimum atomic E-state index is 0.328. The molecule has 0 aromatic heterocycles. The second-order valence-corrected chi connectivity index (χ2v) is 5.94. The first-order valence-electron chi connectivity index (χ1n) is 6.89. The molecule has 0 saturated heterocycles. The molecular weight excluding hydrogens is 305 g/mol. The van der Waals surface area contributed by atoms with Gasteiger partial charge >= 0.3 is 0 Å². The third kappa shape index (κ3) is 4.63. The van der Waals surface area contributed by atoms with Crippen molar-refractivity contribution in [3.8, 4) is 5.75 Å². The molecule has 0 heterocycles. The highest BCUT2D eigenvalue weighted by Crippen LogP contribution is 2.24. The fraction of sp³-hybridized carbons (Fsp3) is 0.294. The summed E-state index contributed by atoms with van der Waals surface area (Å²) in [4.78, 5) is 0. The smallest absolute Gasteiger partial charge is 0.118 e. The molecule has 0 radical (unpaired) electrons. The van der Waals surface area contributed by atoms with Crippen LogP contribution in [0.3, 0.4) is 0 Å². The van der Waals surface area contributed by atoms with Gasteiger partial charge < -0.3 is 10.5 Å². The molecule has 2 aromatic rings. The van der Waals surface area contributed by atoms with E-state index in [4.69, 9.17) is 33.7 Å². The van der Waals surface area contributed by atoms with Gasteiger partial charge in [-0.2, -0.15) is 0 Å². The molecule has 0 fully saturated rings. The van der Waals surface area contributed by atoms with Crippen molar-refractivity contribution in [1.82, 2.24) is 0 Å². The first kappa shape index (κ1) is 16.2. The van der Waals surface area contributed by atoms with E-state index in [9.17, 15) is 0 Å². The minimum absolute atomic E-state index is 0.328. The summed E-state index contributed by atoms with van der Waals surface area (Å²) >= 11 is 12.3. The van der Waals surface area contributed by atoms with Crippen LogP contribution in [0.2, 0.25) is 10.0 Å². The van der Waals surface area contributed by atoms with Gasteiger partial charge in [-0.05, 0) is 66.8 Å². The molecule has 0 aliphatic carbocycles. The maximum absolute atomic E-state index is 6.22. The maximum atomic E-state index is 6.22. The van der Waals surface area contributed by atoms with E-state index in [1.54, 1.807) is 13.2 Å². The maximum Gasteiger partial charge on any atom is 0.118 e. The van der Waals surface area contributed by atoms with E-state index in [-0.39, 0.29) is 0 Å². The fourth-order valence-electron chi connectivity index (χ4n) is 2.34. The Balaban J connectivity index is 2.07. The molecule has 1 unspecified atom stereocenters. The number of rotatable bonds is 6. The third-order valence-corrected chi connectivity index (χ3v) is 4.14. The average molecular weight is 324 g/mol. The lowest BCUT2D eigenvalue weighted by Crippen LogP contribution is -2.19. The predicted molar refractivity (Wildman–Crippen MR) is 89.4 cm³/mol. The first-order valence-corrected chi connectivity index (χ1v) is 7.65. The van der Waals surface area contributed by atoms with Crippen molar-refractivity contribution < 1.29 is 4.74 Å². The van der Waals surface area contributed by atoms with Gasteiger partial charge in [-0.1, -0.05) is 35.3 Å². The van der Waals surface area contributed by atoms with Gasteiger partial charge in [0.1, 0.15) is 5.75 Å². The van der Waals surface area contributed by atoms with Gasteiger partial charge in [0.05, 0.1) is 7.11 Å². The van der Waals surface area contributed by atoms with Crippen molar-refractivity contribution in [3.05, 3.63) is 63.6 Å². The van der Waals surface area contributed by atoms with E-state index in [0.717, 1.165) is 29.2 Å². The van der Waals surface area contributed by atoms with Crippen molar-refractivity contribution in [2.75, 3.05) is 13.7 Å². The number of hydrogen-bond donors (Lipinski definition) is 1. The zero-order valence-corrected chi connectivity index (χ0v) is 13.5. The summed E-state index contributed by atoms with van der Waals surface area (Å²) in [5, 5.41) is 1.45. The molecule has 2 aromatic carbocycles. The lowest BCUT2D eigenvalue weighted by Gasteiger charge is -2.16. The monoisotopic (exact) mass is 323 g/mol. The SMILES string of the molecule is COc1ccc(CC(CN)Cc2cc(Cl)ccc2Cl)cc1. The number of benzene rings is 2. The molecule has 0 aliphatic rings. The molecular formula is C17H19Cl2NO. The van der Waals surface area contributed by atoms with Gasteiger partial charge in [0.25, 0.3) is 0 Å². The van der Waals surface area contributed by atoms with Crippen LogP contribution in [0.15, 0.2) is 42.5 Å². The van der Waals surface area contributed by atoms with Gasteiger partial charge in [-0.25, -0.2) is 0 Å². The Kier molecular flexibility index (Phi) is 5.92. The molecule has 0 aliphatic heterocycles. The Hall–Kier alpha value is -1.22. The summed E-state index contributed by atoms with van der Waals surface area (Å²) in [7, 11) is 1.67. The number of methoxy groups -OCH3 is 1. The Morgan fingerprint density at radius 1 is 1.05 bits per heavy atom. The van der Waals surface area contributed by atoms with Crippen molar-refractivity contribution in [3.63, 3.8) is 0 Å². The highest BCUT2D eigenvalue weighted by atomic mass is 35.5. The van der Waals surface area contributed by atoms with Gasteiger partial charge in [0.2, 0.25) is 0 Å². The molecule has 21 heavy (non-hydrogen) atoms. The summed E-state index contributed by atoms with van der Waals surface area (Å²) in [5.74, 6) is 1.19. The van der Waals surface area contributed by atoms with Crippen LogP contribution in [0.1, 0.15) is 11.1 Å². The summed E-state index contributed by atoms with van der Waals surface area (Å²) in [6.45, 7) is 0.606. The molecule has 0 saturated carbocycles. The highest BCUT2D eigenvalue weighted by Gasteiger charge is 2.12. The highest BCUT2D eigenvalue weighted by molar-refractivity contribution is 6.33. The van der Waals surface area contributed by atoms with Crippen LogP contribution in [-0.2, 0) is 12.8 Å². The molecule has 4 heteroatoms. The standard InChI is InChI=1S/C17H19Cl2NO/c1-21-16-5-2-12(3-6-16)8-13(11-20)9-14-10-15(18)4-7-17(14)19/h2-7,10,13H,8-9,11,20H2,1H3. The molecule has 1 atom stereocenters. The van der Waals surface area contributed by atoms with Crippen LogP contribution in [0.5, 0.6) is 5.75 Å². The van der Waals surface area contributed by atoms with Crippen LogP contribution < -0.4 is 10.5 Å². The topological polar surface area (TPSA) is 35.2 Å². The van der Waals surface area contributed by atoms with E-state index in [1.165, 1.54) is 5.56 Å². The fourth-order valence-corrected chi connectivity index (χ4v) is 2.73. The van der Waals surface area contributed by atoms with Crippen LogP contribution in [0, 0.1) is 5.92 Å². The molecule has 2 rings (SSSR count). The Bertz CT molecular complexity index is 584. The Morgan fingerprint density at radius 3 is 2.38 bits per heavy atom. The van der Waals surface area contributed by atoms with Gasteiger partial charge in [-0.3, -0.25) is 0 Å². The molecule has 0 spiro atoms. The Morgan fingerprint density at radius 2 is 1.76 bits per heavy atom. The lowest BCUT2D eigenvalue weighted by atomic mass is 9.92. The van der Waals surface area contributed by atoms with Crippen molar-refractivity contribution in [2.45, 2.75) is 12.8 Å². The Labute approximate surface area is 135 Å². The average Bonchev–Trinajstić information content (AvgIpc) is 2.51. The molecule has 0 bridgehead atoms. The van der Waals surface area contributed by atoms with E-state index >= 15 is 0 Å². The number of halogens is 2. The molecule has 112 valence electrons. The normalized spacial score (nSPS) is 12.2. The zero-order valence-electron chi connectivity index (χ0n) is 12.0. The van der Waals surface area contributed by atoms with Crippen LogP contribution in [0.4, 0.5) is 0 Å². The molecule has 2 N–H and O–H groups in total. The van der Waals surface area contributed by atoms with E-state index in [1.807, 2.05) is 24.3 Å². The van der Waals surface area contributed by atoms with E-state index < -0.39 is 0 Å².